The van der Waals surface area contributed by atoms with Crippen molar-refractivity contribution in [2.75, 3.05) is 12.5 Å². The summed E-state index contributed by atoms with van der Waals surface area (Å²) in [5.41, 5.74) is 2.60. The van der Waals surface area contributed by atoms with Crippen LogP contribution in [0, 0.1) is 46.3 Å². The third kappa shape index (κ3) is 5.40. The van der Waals surface area contributed by atoms with Crippen LogP contribution in [-0.2, 0) is 10.8 Å². The van der Waals surface area contributed by atoms with E-state index in [0.29, 0.717) is 10.8 Å². The number of hydrogen-bond acceptors (Lipinski definition) is 2. The van der Waals surface area contributed by atoms with Crippen molar-refractivity contribution in [3.05, 3.63) is 11.6 Å². The van der Waals surface area contributed by atoms with E-state index in [1.807, 2.05) is 0 Å². The van der Waals surface area contributed by atoms with E-state index in [4.69, 9.17) is 0 Å². The molecule has 3 heteroatoms. The molecule has 3 saturated carbocycles. The summed E-state index contributed by atoms with van der Waals surface area (Å²) in [5, 5.41) is 10.2. The highest BCUT2D eigenvalue weighted by molar-refractivity contribution is 7.83. The Morgan fingerprint density at radius 1 is 1.03 bits per heavy atom. The molecule has 0 aliphatic heterocycles. The van der Waals surface area contributed by atoms with Gasteiger partial charge in [0.15, 0.2) is 0 Å². The Morgan fingerprint density at radius 3 is 2.38 bits per heavy atom. The van der Waals surface area contributed by atoms with Gasteiger partial charge in [0.2, 0.25) is 0 Å². The van der Waals surface area contributed by atoms with Crippen molar-refractivity contribution in [3.63, 3.8) is 0 Å². The third-order valence-electron chi connectivity index (χ3n) is 10.3. The highest BCUT2D eigenvalue weighted by Gasteiger charge is 2.59. The van der Waals surface area contributed by atoms with Crippen LogP contribution in [0.25, 0.3) is 0 Å². The maximum Gasteiger partial charge on any atom is 0.0577 e. The third-order valence-corrected chi connectivity index (χ3v) is 10.3. The van der Waals surface area contributed by atoms with E-state index in [2.05, 4.69) is 40.7 Å². The first kappa shape index (κ1) is 26.5. The average molecular weight is 465 g/mol. The van der Waals surface area contributed by atoms with E-state index >= 15 is 0 Å². The molecular weight excluding hydrogens is 412 g/mol. The number of aliphatic hydroxyl groups is 1. The quantitative estimate of drug-likeness (QED) is 0.431. The Kier molecular flexibility index (Phi) is 8.79. The monoisotopic (exact) mass is 464 g/mol. The molecule has 0 saturated heterocycles. The number of hydrogen-bond donors (Lipinski definition) is 1. The number of aliphatic hydroxyl groups excluding tert-OH is 1. The molecule has 0 unspecified atom stereocenters. The zero-order valence-electron chi connectivity index (χ0n) is 22.2. The minimum atomic E-state index is -0.611. The lowest BCUT2D eigenvalue weighted by atomic mass is 9.47. The van der Waals surface area contributed by atoms with Crippen LogP contribution >= 0.6 is 0 Å². The van der Waals surface area contributed by atoms with Gasteiger partial charge in [0, 0.05) is 23.3 Å². The molecule has 0 spiro atoms. The first-order valence-corrected chi connectivity index (χ1v) is 15.6. The summed E-state index contributed by atoms with van der Waals surface area (Å²) in [5.74, 6) is 5.46. The second-order valence-corrected chi connectivity index (χ2v) is 14.4. The van der Waals surface area contributed by atoms with E-state index < -0.39 is 10.8 Å². The van der Waals surface area contributed by atoms with Crippen LogP contribution < -0.4 is 0 Å². The standard InChI is InChI=1S/C27H46O.C2H6OS/c1-18(2)7-6-8-19(3)23-11-12-24-22-10-9-20-17-21(28)13-15-26(20,4)25(22)14-16-27(23,24)5;1-4(2)3/h9,18-19,21-25,28H,6-8,10-17H2,1-5H3;1-2H3/t19-,21+,22+,23-,24+,25+,26+,27-;/m1./s1. The molecule has 4 aliphatic rings. The van der Waals surface area contributed by atoms with Gasteiger partial charge >= 0.3 is 0 Å². The van der Waals surface area contributed by atoms with E-state index in [1.54, 1.807) is 18.1 Å². The lowest BCUT2D eigenvalue weighted by Crippen LogP contribution is -2.50. The first-order chi connectivity index (χ1) is 15.0. The van der Waals surface area contributed by atoms with Crippen molar-refractivity contribution in [2.24, 2.45) is 46.3 Å². The van der Waals surface area contributed by atoms with Gasteiger partial charge in [-0.25, -0.2) is 0 Å². The molecule has 186 valence electrons. The van der Waals surface area contributed by atoms with Gasteiger partial charge in [0.25, 0.3) is 0 Å². The van der Waals surface area contributed by atoms with Crippen molar-refractivity contribution in [1.82, 2.24) is 0 Å². The average Bonchev–Trinajstić information content (AvgIpc) is 3.05. The molecule has 32 heavy (non-hydrogen) atoms. The van der Waals surface area contributed by atoms with Gasteiger partial charge in [-0.05, 0) is 97.7 Å². The molecular formula is C29H52O2S. The topological polar surface area (TPSA) is 37.3 Å². The van der Waals surface area contributed by atoms with Crippen molar-refractivity contribution in [2.45, 2.75) is 111 Å². The second kappa shape index (κ2) is 10.6. The molecule has 2 nitrogen and oxygen atoms in total. The zero-order valence-corrected chi connectivity index (χ0v) is 23.0. The molecule has 0 heterocycles. The van der Waals surface area contributed by atoms with Crippen LogP contribution in [0.4, 0.5) is 0 Å². The number of rotatable bonds is 5. The molecule has 0 amide bonds. The largest absolute Gasteiger partial charge is 0.393 e. The van der Waals surface area contributed by atoms with Crippen molar-refractivity contribution in [1.29, 1.82) is 0 Å². The van der Waals surface area contributed by atoms with Gasteiger partial charge in [0.05, 0.1) is 6.10 Å². The second-order valence-electron chi connectivity index (χ2n) is 12.9. The number of fused-ring (bicyclic) bond motifs is 5. The molecule has 0 aromatic heterocycles. The fourth-order valence-electron chi connectivity index (χ4n) is 8.67. The van der Waals surface area contributed by atoms with Gasteiger partial charge in [-0.1, -0.05) is 65.5 Å². The van der Waals surface area contributed by atoms with Crippen LogP contribution in [0.2, 0.25) is 0 Å². The molecule has 0 aromatic carbocycles. The lowest BCUT2D eigenvalue weighted by molar-refractivity contribution is -0.0573. The Bertz CT molecular complexity index is 681. The lowest BCUT2D eigenvalue weighted by Gasteiger charge is -2.58. The van der Waals surface area contributed by atoms with Crippen LogP contribution in [0.3, 0.4) is 0 Å². The van der Waals surface area contributed by atoms with Crippen LogP contribution in [0.15, 0.2) is 11.6 Å². The number of allylic oxidation sites excluding steroid dienone is 1. The van der Waals surface area contributed by atoms with Gasteiger partial charge in [0.1, 0.15) is 0 Å². The van der Waals surface area contributed by atoms with Crippen LogP contribution in [0.5, 0.6) is 0 Å². The summed E-state index contributed by atoms with van der Waals surface area (Å²) < 4.78 is 9.56. The Hall–Kier alpha value is -0.150. The molecule has 4 aliphatic carbocycles. The Balaban J connectivity index is 0.000000668. The van der Waals surface area contributed by atoms with E-state index in [9.17, 15) is 9.32 Å². The van der Waals surface area contributed by atoms with Crippen LogP contribution in [0.1, 0.15) is 105 Å². The smallest absolute Gasteiger partial charge is 0.0577 e. The molecule has 8 atom stereocenters. The van der Waals surface area contributed by atoms with Crippen LogP contribution in [-0.4, -0.2) is 27.9 Å². The maximum absolute atomic E-state index is 10.2. The van der Waals surface area contributed by atoms with Gasteiger partial charge < -0.3 is 5.11 Å². The normalized spacial score (nSPS) is 41.8. The summed E-state index contributed by atoms with van der Waals surface area (Å²) in [4.78, 5) is 0. The summed E-state index contributed by atoms with van der Waals surface area (Å²) in [6, 6.07) is 0. The van der Waals surface area contributed by atoms with Crippen molar-refractivity contribution >= 4 is 10.8 Å². The predicted octanol–water partition coefficient (Wildman–Crippen LogP) is 7.38. The maximum atomic E-state index is 10.2. The SMILES string of the molecule is CC(C)CCC[C@@H](C)[C@H]1CC[C@H]2[C@@H]3CC=C4C[C@@H](O)CC[C@]4(C)[C@H]3CC[C@]12C.CS(C)=O. The minimum Gasteiger partial charge on any atom is -0.393 e. The minimum absolute atomic E-state index is 0.0766. The molecule has 1 N–H and O–H groups in total. The first-order valence-electron chi connectivity index (χ1n) is 13.6. The van der Waals surface area contributed by atoms with Gasteiger partial charge in [-0.3, -0.25) is 4.21 Å². The van der Waals surface area contributed by atoms with Gasteiger partial charge in [-0.2, -0.15) is 0 Å². The molecule has 0 bridgehead atoms. The van der Waals surface area contributed by atoms with E-state index in [0.717, 1.165) is 48.3 Å². The summed E-state index contributed by atoms with van der Waals surface area (Å²) in [6.45, 7) is 12.6. The van der Waals surface area contributed by atoms with E-state index in [-0.39, 0.29) is 6.10 Å². The highest BCUT2D eigenvalue weighted by atomic mass is 32.2. The van der Waals surface area contributed by atoms with Gasteiger partial charge in [-0.15, -0.1) is 0 Å². The molecule has 3 fully saturated rings. The Morgan fingerprint density at radius 2 is 1.72 bits per heavy atom. The molecule has 4 rings (SSSR count). The van der Waals surface area contributed by atoms with Crippen molar-refractivity contribution in [3.8, 4) is 0 Å². The predicted molar refractivity (Wildman–Crippen MR) is 139 cm³/mol. The fourth-order valence-corrected chi connectivity index (χ4v) is 8.67. The summed E-state index contributed by atoms with van der Waals surface area (Å²) >= 11 is 0. The van der Waals surface area contributed by atoms with E-state index in [1.165, 1.54) is 57.8 Å². The summed E-state index contributed by atoms with van der Waals surface area (Å²) in [6.07, 6.45) is 20.4. The fraction of sp³-hybridized carbons (Fsp3) is 0.931. The van der Waals surface area contributed by atoms with Crippen molar-refractivity contribution < 1.29 is 9.32 Å². The molecule has 0 radical (unpaired) electrons. The molecule has 0 aromatic rings. The Labute approximate surface area is 201 Å². The zero-order chi connectivity index (χ0) is 23.7. The highest BCUT2D eigenvalue weighted by Crippen LogP contribution is 2.67. The summed E-state index contributed by atoms with van der Waals surface area (Å²) in [7, 11) is -0.611.